The third-order valence-corrected chi connectivity index (χ3v) is 4.47. The van der Waals surface area contributed by atoms with Crippen LogP contribution in [0.2, 0.25) is 0 Å². The number of para-hydroxylation sites is 1. The molecule has 0 unspecified atom stereocenters. The van der Waals surface area contributed by atoms with E-state index in [9.17, 15) is 9.59 Å². The van der Waals surface area contributed by atoms with E-state index in [1.807, 2.05) is 31.2 Å². The summed E-state index contributed by atoms with van der Waals surface area (Å²) in [5, 5.41) is 4.27. The number of carbonyl (C=O) groups excluding carboxylic acids is 1. The molecule has 1 amide bonds. The Morgan fingerprint density at radius 1 is 1.27 bits per heavy atom. The molecule has 132 valence electrons. The highest BCUT2D eigenvalue weighted by molar-refractivity contribution is 5.95. The van der Waals surface area contributed by atoms with E-state index in [0.717, 1.165) is 28.1 Å². The van der Waals surface area contributed by atoms with E-state index in [1.54, 1.807) is 17.0 Å². The van der Waals surface area contributed by atoms with Gasteiger partial charge >= 0.3 is 0 Å². The number of nitrogens with two attached hydrogens (primary N) is 1. The molecular formula is C19H18N4O3. The van der Waals surface area contributed by atoms with Gasteiger partial charge in [0.25, 0.3) is 5.56 Å². The monoisotopic (exact) mass is 350 g/mol. The van der Waals surface area contributed by atoms with Crippen LogP contribution in [0.5, 0.6) is 0 Å². The van der Waals surface area contributed by atoms with Crippen LogP contribution in [0, 0.1) is 6.92 Å². The van der Waals surface area contributed by atoms with E-state index < -0.39 is 5.56 Å². The summed E-state index contributed by atoms with van der Waals surface area (Å²) in [5.41, 5.74) is 7.80. The van der Waals surface area contributed by atoms with E-state index in [4.69, 9.17) is 10.2 Å². The van der Waals surface area contributed by atoms with Crippen molar-refractivity contribution in [3.63, 3.8) is 0 Å². The molecule has 1 aliphatic rings. The summed E-state index contributed by atoms with van der Waals surface area (Å²) in [6.07, 6.45) is 0.804. The predicted octanol–water partition coefficient (Wildman–Crippen LogP) is 1.98. The number of hydrogen-bond acceptors (Lipinski definition) is 5. The maximum absolute atomic E-state index is 12.8. The molecule has 4 rings (SSSR count). The van der Waals surface area contributed by atoms with Crippen LogP contribution in [0.3, 0.4) is 0 Å². The normalized spacial score (nSPS) is 13.0. The molecule has 7 nitrogen and oxygen atoms in total. The minimum absolute atomic E-state index is 0.0266. The second-order valence-electron chi connectivity index (χ2n) is 6.28. The smallest absolute Gasteiger partial charge is 0.290 e. The van der Waals surface area contributed by atoms with E-state index in [0.29, 0.717) is 18.0 Å². The number of anilines is 2. The Kier molecular flexibility index (Phi) is 3.84. The molecule has 0 aliphatic carbocycles. The fourth-order valence-corrected chi connectivity index (χ4v) is 3.17. The first-order valence-electron chi connectivity index (χ1n) is 8.35. The van der Waals surface area contributed by atoms with Gasteiger partial charge in [-0.05, 0) is 43.2 Å². The standard InChI is InChI=1S/C19H18N4O3/c1-12-6-7-17(26-12)15-10-14(20)19(25)23(21-15)11-18(24)22-9-8-13-4-2-3-5-16(13)22/h2-7,10H,8-9,11,20H2,1H3. The van der Waals surface area contributed by atoms with Gasteiger partial charge in [-0.1, -0.05) is 18.2 Å². The Labute approximate surface area is 149 Å². The lowest BCUT2D eigenvalue weighted by molar-refractivity contribution is -0.119. The Bertz CT molecular complexity index is 1050. The van der Waals surface area contributed by atoms with Crippen LogP contribution >= 0.6 is 0 Å². The Balaban J connectivity index is 1.65. The van der Waals surface area contributed by atoms with Gasteiger partial charge in [0.15, 0.2) is 5.76 Å². The van der Waals surface area contributed by atoms with Gasteiger partial charge in [-0.2, -0.15) is 5.10 Å². The Morgan fingerprint density at radius 3 is 2.85 bits per heavy atom. The predicted molar refractivity (Wildman–Crippen MR) is 97.8 cm³/mol. The molecule has 0 fully saturated rings. The zero-order valence-corrected chi connectivity index (χ0v) is 14.3. The molecule has 7 heteroatoms. The highest BCUT2D eigenvalue weighted by Gasteiger charge is 2.25. The lowest BCUT2D eigenvalue weighted by Gasteiger charge is -2.18. The minimum Gasteiger partial charge on any atom is -0.460 e. The van der Waals surface area contributed by atoms with E-state index >= 15 is 0 Å². The number of aromatic nitrogens is 2. The van der Waals surface area contributed by atoms with Crippen molar-refractivity contribution >= 4 is 17.3 Å². The van der Waals surface area contributed by atoms with Crippen LogP contribution in [0.1, 0.15) is 11.3 Å². The number of fused-ring (bicyclic) bond motifs is 1. The lowest BCUT2D eigenvalue weighted by Crippen LogP contribution is -2.37. The number of rotatable bonds is 3. The molecule has 0 saturated heterocycles. The molecule has 3 heterocycles. The van der Waals surface area contributed by atoms with Gasteiger partial charge in [0, 0.05) is 12.2 Å². The first kappa shape index (κ1) is 16.1. The van der Waals surface area contributed by atoms with Gasteiger partial charge in [0.1, 0.15) is 23.7 Å². The van der Waals surface area contributed by atoms with Crippen molar-refractivity contribution in [1.82, 2.24) is 9.78 Å². The van der Waals surface area contributed by atoms with Gasteiger partial charge < -0.3 is 15.1 Å². The SMILES string of the molecule is Cc1ccc(-c2cc(N)c(=O)n(CC(=O)N3CCc4ccccc43)n2)o1. The van der Waals surface area contributed by atoms with Crippen LogP contribution in [-0.2, 0) is 17.8 Å². The zero-order valence-electron chi connectivity index (χ0n) is 14.3. The van der Waals surface area contributed by atoms with Crippen LogP contribution in [-0.4, -0.2) is 22.2 Å². The summed E-state index contributed by atoms with van der Waals surface area (Å²) >= 11 is 0. The van der Waals surface area contributed by atoms with Crippen LogP contribution in [0.25, 0.3) is 11.5 Å². The summed E-state index contributed by atoms with van der Waals surface area (Å²) < 4.78 is 6.64. The first-order valence-corrected chi connectivity index (χ1v) is 8.35. The van der Waals surface area contributed by atoms with Crippen molar-refractivity contribution < 1.29 is 9.21 Å². The summed E-state index contributed by atoms with van der Waals surface area (Å²) in [4.78, 5) is 26.8. The van der Waals surface area contributed by atoms with Gasteiger partial charge in [0.05, 0.1) is 0 Å². The molecule has 0 radical (unpaired) electrons. The molecule has 2 N–H and O–H groups in total. The second kappa shape index (κ2) is 6.18. The summed E-state index contributed by atoms with van der Waals surface area (Å²) in [5.74, 6) is 1.03. The molecule has 2 aromatic heterocycles. The topological polar surface area (TPSA) is 94.4 Å². The number of carbonyl (C=O) groups is 1. The highest BCUT2D eigenvalue weighted by Crippen LogP contribution is 2.27. The molecule has 3 aromatic rings. The van der Waals surface area contributed by atoms with Crippen molar-refractivity contribution in [2.75, 3.05) is 17.2 Å². The average molecular weight is 350 g/mol. The quantitative estimate of drug-likeness (QED) is 0.779. The van der Waals surface area contributed by atoms with Crippen LogP contribution in [0.15, 0.2) is 51.7 Å². The molecule has 0 bridgehead atoms. The molecule has 1 aliphatic heterocycles. The molecule has 26 heavy (non-hydrogen) atoms. The van der Waals surface area contributed by atoms with Crippen LogP contribution in [0.4, 0.5) is 11.4 Å². The Hall–Kier alpha value is -3.35. The number of hydrogen-bond donors (Lipinski definition) is 1. The van der Waals surface area contributed by atoms with Crippen molar-refractivity contribution in [3.8, 4) is 11.5 Å². The third-order valence-electron chi connectivity index (χ3n) is 4.47. The van der Waals surface area contributed by atoms with Gasteiger partial charge in [-0.25, -0.2) is 4.68 Å². The number of furan rings is 1. The van der Waals surface area contributed by atoms with E-state index in [1.165, 1.54) is 6.07 Å². The fourth-order valence-electron chi connectivity index (χ4n) is 3.17. The fraction of sp³-hybridized carbons (Fsp3) is 0.211. The van der Waals surface area contributed by atoms with Crippen molar-refractivity contribution in [3.05, 3.63) is 64.1 Å². The van der Waals surface area contributed by atoms with E-state index in [-0.39, 0.29) is 18.1 Å². The van der Waals surface area contributed by atoms with Crippen molar-refractivity contribution in [2.45, 2.75) is 19.9 Å². The van der Waals surface area contributed by atoms with Gasteiger partial charge in [-0.15, -0.1) is 0 Å². The summed E-state index contributed by atoms with van der Waals surface area (Å²) in [7, 11) is 0. The first-order chi connectivity index (χ1) is 12.5. The summed E-state index contributed by atoms with van der Waals surface area (Å²) in [6, 6.07) is 12.8. The minimum atomic E-state index is -0.488. The number of nitrogens with zero attached hydrogens (tertiary/aromatic N) is 3. The van der Waals surface area contributed by atoms with Gasteiger partial charge in [0.2, 0.25) is 5.91 Å². The van der Waals surface area contributed by atoms with Crippen molar-refractivity contribution in [2.24, 2.45) is 0 Å². The third kappa shape index (κ3) is 2.77. The van der Waals surface area contributed by atoms with Crippen molar-refractivity contribution in [1.29, 1.82) is 0 Å². The molecule has 0 spiro atoms. The maximum atomic E-state index is 12.8. The van der Waals surface area contributed by atoms with Gasteiger partial charge in [-0.3, -0.25) is 9.59 Å². The number of aryl methyl sites for hydroxylation is 1. The van der Waals surface area contributed by atoms with E-state index in [2.05, 4.69) is 5.10 Å². The largest absolute Gasteiger partial charge is 0.460 e. The number of amides is 1. The Morgan fingerprint density at radius 2 is 2.08 bits per heavy atom. The molecule has 0 atom stereocenters. The molecule has 1 aromatic carbocycles. The lowest BCUT2D eigenvalue weighted by atomic mass is 10.2. The number of nitrogen functional groups attached to an aromatic ring is 1. The molecule has 0 saturated carbocycles. The van der Waals surface area contributed by atoms with Crippen LogP contribution < -0.4 is 16.2 Å². The number of benzene rings is 1. The maximum Gasteiger partial charge on any atom is 0.290 e. The second-order valence-corrected chi connectivity index (χ2v) is 6.28. The zero-order chi connectivity index (χ0) is 18.3. The average Bonchev–Trinajstić information content (AvgIpc) is 3.25. The highest BCUT2D eigenvalue weighted by atomic mass is 16.3. The molecular weight excluding hydrogens is 332 g/mol. The summed E-state index contributed by atoms with van der Waals surface area (Å²) in [6.45, 7) is 2.24.